The number of amides is 1. The van der Waals surface area contributed by atoms with Crippen molar-refractivity contribution in [1.82, 2.24) is 9.47 Å². The molecule has 40 heavy (non-hydrogen) atoms. The molecule has 1 saturated heterocycles. The van der Waals surface area contributed by atoms with Gasteiger partial charge in [-0.25, -0.2) is 9.79 Å². The van der Waals surface area contributed by atoms with Crippen molar-refractivity contribution < 1.29 is 19.1 Å². The van der Waals surface area contributed by atoms with E-state index in [-0.39, 0.29) is 24.7 Å². The smallest absolute Gasteiger partial charge is 0.338 e. The molecule has 3 aromatic rings. The van der Waals surface area contributed by atoms with Gasteiger partial charge in [-0.3, -0.25) is 14.2 Å². The maximum atomic E-state index is 13.8. The lowest BCUT2D eigenvalue weighted by molar-refractivity contribution is -0.139. The number of thiazole rings is 1. The second-order valence-corrected chi connectivity index (χ2v) is 11.4. The second kappa shape index (κ2) is 12.3. The molecule has 3 heterocycles. The molecular weight excluding hydrogens is 546 g/mol. The largest absolute Gasteiger partial charge is 0.484 e. The molecule has 208 valence electrons. The molecule has 2 aliphatic rings. The van der Waals surface area contributed by atoms with E-state index in [1.54, 1.807) is 48.4 Å². The fraction of sp³-hybridized carbons (Fsp3) is 0.333. The Morgan fingerprint density at radius 3 is 2.45 bits per heavy atom. The van der Waals surface area contributed by atoms with Gasteiger partial charge in [0.25, 0.3) is 11.5 Å². The number of thioether (sulfide) groups is 1. The Kier molecular flexibility index (Phi) is 8.56. The van der Waals surface area contributed by atoms with Gasteiger partial charge < -0.3 is 14.4 Å². The molecule has 1 atom stereocenters. The second-order valence-electron chi connectivity index (χ2n) is 9.52. The summed E-state index contributed by atoms with van der Waals surface area (Å²) in [5, 5.41) is 0. The zero-order valence-electron chi connectivity index (χ0n) is 22.7. The van der Waals surface area contributed by atoms with E-state index in [1.165, 1.54) is 11.3 Å². The molecule has 0 N–H and O–H groups in total. The summed E-state index contributed by atoms with van der Waals surface area (Å²) in [6.07, 6.45) is 5.89. The highest BCUT2D eigenvalue weighted by Crippen LogP contribution is 2.31. The predicted octanol–water partition coefficient (Wildman–Crippen LogP) is 3.52. The first-order valence-electron chi connectivity index (χ1n) is 13.2. The van der Waals surface area contributed by atoms with E-state index in [1.807, 2.05) is 47.6 Å². The molecule has 10 heteroatoms. The Bertz CT molecular complexity index is 1620. The highest BCUT2D eigenvalue weighted by Gasteiger charge is 2.33. The van der Waals surface area contributed by atoms with Crippen molar-refractivity contribution in [2.24, 2.45) is 4.99 Å². The average Bonchev–Trinajstić information content (AvgIpc) is 3.61. The number of aromatic nitrogens is 1. The highest BCUT2D eigenvalue weighted by molar-refractivity contribution is 7.98. The Morgan fingerprint density at radius 1 is 1.10 bits per heavy atom. The summed E-state index contributed by atoms with van der Waals surface area (Å²) < 4.78 is 13.1. The van der Waals surface area contributed by atoms with Crippen molar-refractivity contribution in [2.45, 2.75) is 37.6 Å². The van der Waals surface area contributed by atoms with Gasteiger partial charge in [-0.15, -0.1) is 11.8 Å². The Labute approximate surface area is 240 Å². The van der Waals surface area contributed by atoms with Crippen molar-refractivity contribution in [3.63, 3.8) is 0 Å². The topological polar surface area (TPSA) is 90.2 Å². The van der Waals surface area contributed by atoms with Crippen LogP contribution >= 0.6 is 23.1 Å². The van der Waals surface area contributed by atoms with Gasteiger partial charge >= 0.3 is 5.97 Å². The van der Waals surface area contributed by atoms with Crippen molar-refractivity contribution in [3.05, 3.63) is 90.6 Å². The summed E-state index contributed by atoms with van der Waals surface area (Å²) in [7, 11) is 0. The van der Waals surface area contributed by atoms with Crippen molar-refractivity contribution >= 4 is 41.1 Å². The van der Waals surface area contributed by atoms with E-state index in [0.29, 0.717) is 26.4 Å². The molecule has 0 radical (unpaired) electrons. The first-order valence-corrected chi connectivity index (χ1v) is 15.3. The fourth-order valence-corrected chi connectivity index (χ4v) is 6.36. The third-order valence-electron chi connectivity index (χ3n) is 6.95. The van der Waals surface area contributed by atoms with Gasteiger partial charge in [0.2, 0.25) is 0 Å². The van der Waals surface area contributed by atoms with Crippen LogP contribution in [0.1, 0.15) is 43.9 Å². The van der Waals surface area contributed by atoms with Crippen LogP contribution in [0.15, 0.2) is 74.5 Å². The highest BCUT2D eigenvalue weighted by atomic mass is 32.2. The Balaban J connectivity index is 1.46. The number of carbonyl (C=O) groups is 2. The summed E-state index contributed by atoms with van der Waals surface area (Å²) in [5.41, 5.74) is 2.30. The number of nitrogens with zero attached hydrogens (tertiary/aromatic N) is 3. The number of likely N-dealkylation sites (tertiary alicyclic amines) is 1. The normalized spacial score (nSPS) is 17.0. The van der Waals surface area contributed by atoms with Crippen LogP contribution in [0.2, 0.25) is 0 Å². The molecule has 0 unspecified atom stereocenters. The number of carbonyl (C=O) groups excluding carboxylic acids is 2. The molecular formula is C30H31N3O5S2. The monoisotopic (exact) mass is 577 g/mol. The lowest BCUT2D eigenvalue weighted by Gasteiger charge is -2.24. The molecule has 0 aliphatic carbocycles. The SMILES string of the molecule is CCOC(=O)C1=C(C)N=c2s/c(=C/c3ccc(OCC(=O)N4CCCC4)cc3)c(=O)n2[C@@H]1c1ccc(SC)cc1. The zero-order chi connectivity index (χ0) is 28.2. The summed E-state index contributed by atoms with van der Waals surface area (Å²) in [4.78, 5) is 47.1. The van der Waals surface area contributed by atoms with Crippen LogP contribution < -0.4 is 19.6 Å². The van der Waals surface area contributed by atoms with Gasteiger partial charge in [-0.1, -0.05) is 35.6 Å². The van der Waals surface area contributed by atoms with E-state index in [2.05, 4.69) is 4.99 Å². The van der Waals surface area contributed by atoms with E-state index >= 15 is 0 Å². The molecule has 0 bridgehead atoms. The molecule has 2 aliphatic heterocycles. The first-order chi connectivity index (χ1) is 19.4. The summed E-state index contributed by atoms with van der Waals surface area (Å²) >= 11 is 2.91. The molecule has 1 aromatic heterocycles. The van der Waals surface area contributed by atoms with Crippen molar-refractivity contribution in [2.75, 3.05) is 32.6 Å². The fourth-order valence-electron chi connectivity index (χ4n) is 4.91. The number of esters is 1. The van der Waals surface area contributed by atoms with Gasteiger partial charge in [0.15, 0.2) is 11.4 Å². The minimum absolute atomic E-state index is 0.00203. The van der Waals surface area contributed by atoms with Crippen LogP contribution in [0, 0.1) is 0 Å². The lowest BCUT2D eigenvalue weighted by atomic mass is 9.96. The van der Waals surface area contributed by atoms with Crippen LogP contribution in [0.4, 0.5) is 0 Å². The van der Waals surface area contributed by atoms with Crippen molar-refractivity contribution in [1.29, 1.82) is 0 Å². The molecule has 1 fully saturated rings. The average molecular weight is 578 g/mol. The summed E-state index contributed by atoms with van der Waals surface area (Å²) in [6, 6.07) is 14.5. The molecule has 1 amide bonds. The first kappa shape index (κ1) is 27.9. The predicted molar refractivity (Wildman–Crippen MR) is 156 cm³/mol. The summed E-state index contributed by atoms with van der Waals surface area (Å²) in [6.45, 7) is 5.36. The molecule has 0 saturated carbocycles. The number of benzene rings is 2. The van der Waals surface area contributed by atoms with E-state index < -0.39 is 12.0 Å². The van der Waals surface area contributed by atoms with Gasteiger partial charge in [0, 0.05) is 18.0 Å². The van der Waals surface area contributed by atoms with Crippen LogP contribution in [-0.4, -0.2) is 53.9 Å². The maximum absolute atomic E-state index is 13.8. The Hall–Kier alpha value is -3.63. The zero-order valence-corrected chi connectivity index (χ0v) is 24.3. The van der Waals surface area contributed by atoms with Gasteiger partial charge in [-0.2, -0.15) is 0 Å². The van der Waals surface area contributed by atoms with Crippen LogP contribution in [0.5, 0.6) is 5.75 Å². The number of ether oxygens (including phenoxy) is 2. The molecule has 2 aromatic carbocycles. The van der Waals surface area contributed by atoms with Gasteiger partial charge in [-0.05, 0) is 74.4 Å². The molecule has 8 nitrogen and oxygen atoms in total. The number of rotatable bonds is 8. The minimum Gasteiger partial charge on any atom is -0.484 e. The number of fused-ring (bicyclic) bond motifs is 1. The van der Waals surface area contributed by atoms with Crippen LogP contribution in [-0.2, 0) is 14.3 Å². The molecule has 5 rings (SSSR count). The minimum atomic E-state index is -0.641. The number of hydrogen-bond donors (Lipinski definition) is 0. The van der Waals surface area contributed by atoms with E-state index in [4.69, 9.17) is 9.47 Å². The third-order valence-corrected chi connectivity index (χ3v) is 8.67. The third kappa shape index (κ3) is 5.78. The van der Waals surface area contributed by atoms with Crippen LogP contribution in [0.25, 0.3) is 6.08 Å². The van der Waals surface area contributed by atoms with Gasteiger partial charge in [0.05, 0.1) is 28.5 Å². The Morgan fingerprint density at radius 2 is 1.80 bits per heavy atom. The quantitative estimate of drug-likeness (QED) is 0.301. The van der Waals surface area contributed by atoms with Crippen molar-refractivity contribution in [3.8, 4) is 5.75 Å². The van der Waals surface area contributed by atoms with Gasteiger partial charge in [0.1, 0.15) is 5.75 Å². The number of hydrogen-bond acceptors (Lipinski definition) is 8. The van der Waals surface area contributed by atoms with E-state index in [9.17, 15) is 14.4 Å². The van der Waals surface area contributed by atoms with Crippen LogP contribution in [0.3, 0.4) is 0 Å². The maximum Gasteiger partial charge on any atom is 0.338 e. The summed E-state index contributed by atoms with van der Waals surface area (Å²) in [5.74, 6) is 0.114. The number of allylic oxidation sites excluding steroid dienone is 1. The van der Waals surface area contributed by atoms with E-state index in [0.717, 1.165) is 42.0 Å². The lowest BCUT2D eigenvalue weighted by Crippen LogP contribution is -2.39. The molecule has 0 spiro atoms. The standard InChI is InChI=1S/C30H31N3O5S2/c1-4-37-29(36)26-19(2)31-30-33(27(26)21-9-13-23(39-3)14-10-21)28(35)24(40-30)17-20-7-11-22(12-8-20)38-18-25(34)32-15-5-6-16-32/h7-14,17,27H,4-6,15-16,18H2,1-3H3/b24-17+/t27-/m1/s1.